The van der Waals surface area contributed by atoms with Crippen molar-refractivity contribution in [2.75, 3.05) is 6.54 Å². The smallest absolute Gasteiger partial charge is 0.325 e. The molecule has 9 nitrogen and oxygen atoms in total. The van der Waals surface area contributed by atoms with Crippen molar-refractivity contribution in [2.24, 2.45) is 0 Å². The second kappa shape index (κ2) is 7.58. The highest BCUT2D eigenvalue weighted by atomic mass is 32.1. The van der Waals surface area contributed by atoms with Crippen molar-refractivity contribution in [3.8, 4) is 0 Å². The molecule has 2 aliphatic rings. The first kappa shape index (κ1) is 19.6. The average molecular weight is 418 g/mol. The molecule has 0 bridgehead atoms. The Morgan fingerprint density at radius 2 is 2.07 bits per heavy atom. The standard InChI is InChI=1S/C19H22N4O5S/c1-12-11-29-18-20-13(9-14(24)23(12)18)10-28-15(25)5-4-8-22-16(26)19(21-17(22)27)6-2-3-7-19/h9,11H,2-8,10H2,1H3,(H,21,27). The van der Waals surface area contributed by atoms with E-state index >= 15 is 0 Å². The summed E-state index contributed by atoms with van der Waals surface area (Å²) < 4.78 is 6.71. The third kappa shape index (κ3) is 3.64. The van der Waals surface area contributed by atoms with Gasteiger partial charge in [0, 0.05) is 30.1 Å². The molecule has 10 heteroatoms. The molecule has 1 saturated heterocycles. The van der Waals surface area contributed by atoms with Crippen LogP contribution in [0.25, 0.3) is 4.96 Å². The minimum atomic E-state index is -0.726. The average Bonchev–Trinajstić information content (AvgIpc) is 3.36. The minimum absolute atomic E-state index is 0.0728. The van der Waals surface area contributed by atoms with Crippen LogP contribution in [0.4, 0.5) is 4.79 Å². The molecular formula is C19H22N4O5S. The van der Waals surface area contributed by atoms with Crippen molar-refractivity contribution in [3.05, 3.63) is 33.2 Å². The number of nitrogens with zero attached hydrogens (tertiary/aromatic N) is 3. The van der Waals surface area contributed by atoms with Gasteiger partial charge in [-0.05, 0) is 26.2 Å². The molecule has 0 radical (unpaired) electrons. The highest BCUT2D eigenvalue weighted by Gasteiger charge is 2.52. The Hall–Kier alpha value is -2.75. The van der Waals surface area contributed by atoms with Crippen LogP contribution >= 0.6 is 11.3 Å². The van der Waals surface area contributed by atoms with Crippen molar-refractivity contribution >= 4 is 34.2 Å². The molecule has 4 rings (SSSR count). The molecule has 0 atom stereocenters. The van der Waals surface area contributed by atoms with Crippen LogP contribution in [0.15, 0.2) is 16.2 Å². The molecule has 1 N–H and O–H groups in total. The maximum Gasteiger partial charge on any atom is 0.325 e. The van der Waals surface area contributed by atoms with Gasteiger partial charge in [-0.3, -0.25) is 23.7 Å². The molecule has 2 aromatic rings. The van der Waals surface area contributed by atoms with Crippen LogP contribution in [-0.4, -0.2) is 44.3 Å². The van der Waals surface area contributed by atoms with Crippen LogP contribution in [0.2, 0.25) is 0 Å². The molecule has 0 aromatic carbocycles. The van der Waals surface area contributed by atoms with Gasteiger partial charge in [-0.2, -0.15) is 0 Å². The summed E-state index contributed by atoms with van der Waals surface area (Å²) in [6.07, 6.45) is 3.62. The lowest BCUT2D eigenvalue weighted by Gasteiger charge is -2.19. The monoisotopic (exact) mass is 418 g/mol. The molecule has 1 aliphatic carbocycles. The number of thiazole rings is 1. The second-order valence-electron chi connectivity index (χ2n) is 7.52. The van der Waals surface area contributed by atoms with E-state index in [2.05, 4.69) is 10.3 Å². The minimum Gasteiger partial charge on any atom is -0.459 e. The third-order valence-corrected chi connectivity index (χ3v) is 6.42. The number of ether oxygens (including phenoxy) is 1. The van der Waals surface area contributed by atoms with E-state index in [1.54, 1.807) is 0 Å². The number of esters is 1. The van der Waals surface area contributed by atoms with Gasteiger partial charge in [0.2, 0.25) is 0 Å². The van der Waals surface area contributed by atoms with Gasteiger partial charge < -0.3 is 10.1 Å². The first-order valence-corrected chi connectivity index (χ1v) is 10.5. The molecule has 154 valence electrons. The highest BCUT2D eigenvalue weighted by Crippen LogP contribution is 2.35. The molecule has 3 heterocycles. The first-order valence-electron chi connectivity index (χ1n) is 9.66. The van der Waals surface area contributed by atoms with Crippen molar-refractivity contribution in [2.45, 2.75) is 57.6 Å². The normalized spacial score (nSPS) is 18.0. The van der Waals surface area contributed by atoms with E-state index in [-0.39, 0.29) is 37.1 Å². The van der Waals surface area contributed by atoms with Crippen LogP contribution in [0.3, 0.4) is 0 Å². The predicted molar refractivity (Wildman–Crippen MR) is 105 cm³/mol. The number of carbonyl (C=O) groups excluding carboxylic acids is 3. The lowest BCUT2D eigenvalue weighted by molar-refractivity contribution is -0.145. The maximum absolute atomic E-state index is 12.6. The molecular weight excluding hydrogens is 396 g/mol. The SMILES string of the molecule is Cc1csc2nc(COC(=O)CCCN3C(=O)NC4(CCCC4)C3=O)cc(=O)n12. The Balaban J connectivity index is 1.27. The van der Waals surface area contributed by atoms with Crippen LogP contribution < -0.4 is 10.9 Å². The number of amides is 3. The molecule has 1 aliphatic heterocycles. The number of hydrogen-bond acceptors (Lipinski definition) is 7. The Morgan fingerprint density at radius 1 is 1.31 bits per heavy atom. The molecule has 29 heavy (non-hydrogen) atoms. The second-order valence-corrected chi connectivity index (χ2v) is 8.36. The number of fused-ring (bicyclic) bond motifs is 1. The summed E-state index contributed by atoms with van der Waals surface area (Å²) >= 11 is 1.35. The summed E-state index contributed by atoms with van der Waals surface area (Å²) in [7, 11) is 0. The lowest BCUT2D eigenvalue weighted by atomic mass is 9.98. The fourth-order valence-corrected chi connectivity index (χ4v) is 4.87. The van der Waals surface area contributed by atoms with Gasteiger partial charge in [-0.1, -0.05) is 12.8 Å². The van der Waals surface area contributed by atoms with Gasteiger partial charge in [0.25, 0.3) is 11.5 Å². The van der Waals surface area contributed by atoms with Crippen molar-refractivity contribution < 1.29 is 19.1 Å². The summed E-state index contributed by atoms with van der Waals surface area (Å²) in [5.74, 6) is -0.644. The zero-order valence-corrected chi connectivity index (χ0v) is 16.9. The topological polar surface area (TPSA) is 110 Å². The molecule has 2 fully saturated rings. The summed E-state index contributed by atoms with van der Waals surface area (Å²) in [6, 6.07) is 0.975. The molecule has 1 saturated carbocycles. The number of urea groups is 1. The van der Waals surface area contributed by atoms with Crippen molar-refractivity contribution in [1.82, 2.24) is 19.6 Å². The zero-order chi connectivity index (χ0) is 20.6. The van der Waals surface area contributed by atoms with Crippen LogP contribution in [0.5, 0.6) is 0 Å². The first-order chi connectivity index (χ1) is 13.9. The fraction of sp³-hybridized carbons (Fsp3) is 0.526. The molecule has 1 spiro atoms. The number of aromatic nitrogens is 2. The lowest BCUT2D eigenvalue weighted by Crippen LogP contribution is -2.44. The van der Waals surface area contributed by atoms with Crippen molar-refractivity contribution in [3.63, 3.8) is 0 Å². The molecule has 0 unspecified atom stereocenters. The summed E-state index contributed by atoms with van der Waals surface area (Å²) in [6.45, 7) is 1.92. The van der Waals surface area contributed by atoms with Crippen LogP contribution in [-0.2, 0) is 20.9 Å². The van der Waals surface area contributed by atoms with Gasteiger partial charge in [-0.25, -0.2) is 9.78 Å². The Morgan fingerprint density at radius 3 is 2.83 bits per heavy atom. The summed E-state index contributed by atoms with van der Waals surface area (Å²) in [4.78, 5) is 54.9. The Labute approximate surface area is 170 Å². The Kier molecular flexibility index (Phi) is 5.12. The largest absolute Gasteiger partial charge is 0.459 e. The molecule has 2 aromatic heterocycles. The van der Waals surface area contributed by atoms with E-state index in [1.807, 2.05) is 12.3 Å². The predicted octanol–water partition coefficient (Wildman–Crippen LogP) is 1.75. The van der Waals surface area contributed by atoms with Gasteiger partial charge in [0.15, 0.2) is 4.96 Å². The van der Waals surface area contributed by atoms with E-state index in [0.29, 0.717) is 29.9 Å². The summed E-state index contributed by atoms with van der Waals surface area (Å²) in [5, 5.41) is 4.66. The zero-order valence-electron chi connectivity index (χ0n) is 16.1. The number of imide groups is 1. The number of carbonyl (C=O) groups is 3. The number of nitrogens with one attached hydrogen (secondary N) is 1. The van der Waals surface area contributed by atoms with Gasteiger partial charge in [0.1, 0.15) is 12.1 Å². The fourth-order valence-electron chi connectivity index (χ4n) is 3.98. The van der Waals surface area contributed by atoms with E-state index < -0.39 is 11.5 Å². The Bertz CT molecular complexity index is 1040. The van der Waals surface area contributed by atoms with Crippen molar-refractivity contribution in [1.29, 1.82) is 0 Å². The van der Waals surface area contributed by atoms with E-state index in [9.17, 15) is 19.2 Å². The highest BCUT2D eigenvalue weighted by molar-refractivity contribution is 7.15. The third-order valence-electron chi connectivity index (χ3n) is 5.48. The number of rotatable bonds is 6. The van der Waals surface area contributed by atoms with Crippen LogP contribution in [0, 0.1) is 6.92 Å². The summed E-state index contributed by atoms with van der Waals surface area (Å²) in [5.41, 5.74) is 0.267. The van der Waals surface area contributed by atoms with E-state index in [0.717, 1.165) is 18.5 Å². The maximum atomic E-state index is 12.6. The van der Waals surface area contributed by atoms with Gasteiger partial charge in [-0.15, -0.1) is 11.3 Å². The van der Waals surface area contributed by atoms with Gasteiger partial charge >= 0.3 is 12.0 Å². The van der Waals surface area contributed by atoms with E-state index in [1.165, 1.54) is 26.7 Å². The number of aryl methyl sites for hydroxylation is 1. The van der Waals surface area contributed by atoms with Crippen LogP contribution in [0.1, 0.15) is 49.9 Å². The van der Waals surface area contributed by atoms with Gasteiger partial charge in [0.05, 0.1) is 5.69 Å². The molecule has 3 amide bonds. The number of hydrogen-bond donors (Lipinski definition) is 1. The van der Waals surface area contributed by atoms with E-state index in [4.69, 9.17) is 4.74 Å². The quantitative estimate of drug-likeness (QED) is 0.565.